The summed E-state index contributed by atoms with van der Waals surface area (Å²) in [7, 11) is 0. The highest BCUT2D eigenvalue weighted by molar-refractivity contribution is 8.04. The number of thioether (sulfide) groups is 1. The van der Waals surface area contributed by atoms with Gasteiger partial charge in [0, 0.05) is 4.75 Å². The SMILES string of the molecule is C=C1C=CC=C(C)SC1(C)C. The van der Waals surface area contributed by atoms with Crippen LogP contribution in [0.2, 0.25) is 0 Å². The highest BCUT2D eigenvalue weighted by Gasteiger charge is 2.22. The van der Waals surface area contributed by atoms with Crippen LogP contribution < -0.4 is 0 Å². The minimum absolute atomic E-state index is 0.160. The Morgan fingerprint density at radius 2 is 2.09 bits per heavy atom. The van der Waals surface area contributed by atoms with Crippen LogP contribution >= 0.6 is 11.8 Å². The van der Waals surface area contributed by atoms with E-state index in [-0.39, 0.29) is 4.75 Å². The molecule has 0 amide bonds. The maximum absolute atomic E-state index is 4.02. The average Bonchev–Trinajstić information content (AvgIpc) is 1.93. The van der Waals surface area contributed by atoms with E-state index in [4.69, 9.17) is 0 Å². The fourth-order valence-corrected chi connectivity index (χ4v) is 2.15. The molecular weight excluding hydrogens is 152 g/mol. The standard InChI is InChI=1S/C10H14S/c1-8-6-5-7-9(2)11-10(8,3)4/h5-7H,1H2,2-4H3. The topological polar surface area (TPSA) is 0 Å². The Morgan fingerprint density at radius 1 is 1.45 bits per heavy atom. The summed E-state index contributed by atoms with van der Waals surface area (Å²) in [4.78, 5) is 1.35. The summed E-state index contributed by atoms with van der Waals surface area (Å²) in [6.07, 6.45) is 6.29. The lowest BCUT2D eigenvalue weighted by molar-refractivity contribution is 0.865. The van der Waals surface area contributed by atoms with Crippen molar-refractivity contribution in [2.75, 3.05) is 0 Å². The molecule has 0 unspecified atom stereocenters. The van der Waals surface area contributed by atoms with Crippen LogP contribution in [0, 0.1) is 0 Å². The lowest BCUT2D eigenvalue weighted by Gasteiger charge is -2.23. The first-order valence-corrected chi connectivity index (χ1v) is 4.57. The van der Waals surface area contributed by atoms with Gasteiger partial charge in [0.05, 0.1) is 0 Å². The molecule has 0 aliphatic carbocycles. The number of rotatable bonds is 0. The highest BCUT2D eigenvalue weighted by atomic mass is 32.2. The summed E-state index contributed by atoms with van der Waals surface area (Å²) in [5.74, 6) is 0. The molecule has 1 heteroatoms. The smallest absolute Gasteiger partial charge is 0.0390 e. The molecule has 0 bridgehead atoms. The van der Waals surface area contributed by atoms with E-state index < -0.39 is 0 Å². The normalized spacial score (nSPS) is 22.8. The predicted molar refractivity (Wildman–Crippen MR) is 53.7 cm³/mol. The van der Waals surface area contributed by atoms with Crippen molar-refractivity contribution in [3.8, 4) is 0 Å². The second-order valence-corrected chi connectivity index (χ2v) is 5.14. The van der Waals surface area contributed by atoms with Crippen LogP contribution in [0.25, 0.3) is 0 Å². The van der Waals surface area contributed by atoms with Crippen molar-refractivity contribution in [2.45, 2.75) is 25.5 Å². The molecule has 1 rings (SSSR count). The van der Waals surface area contributed by atoms with E-state index in [0.717, 1.165) is 0 Å². The van der Waals surface area contributed by atoms with Gasteiger partial charge in [0.1, 0.15) is 0 Å². The number of allylic oxidation sites excluding steroid dienone is 4. The highest BCUT2D eigenvalue weighted by Crippen LogP contribution is 2.38. The van der Waals surface area contributed by atoms with Crippen molar-refractivity contribution < 1.29 is 0 Å². The molecule has 11 heavy (non-hydrogen) atoms. The third kappa shape index (κ3) is 2.00. The third-order valence-electron chi connectivity index (χ3n) is 1.82. The lowest BCUT2D eigenvalue weighted by Crippen LogP contribution is -2.15. The van der Waals surface area contributed by atoms with Crippen LogP contribution in [-0.4, -0.2) is 4.75 Å². The van der Waals surface area contributed by atoms with Gasteiger partial charge in [-0.05, 0) is 31.2 Å². The molecule has 0 N–H and O–H groups in total. The van der Waals surface area contributed by atoms with Crippen LogP contribution in [0.15, 0.2) is 35.3 Å². The molecule has 0 aromatic heterocycles. The average molecular weight is 166 g/mol. The first-order valence-electron chi connectivity index (χ1n) is 3.76. The van der Waals surface area contributed by atoms with Gasteiger partial charge in [-0.15, -0.1) is 11.8 Å². The van der Waals surface area contributed by atoms with E-state index >= 15 is 0 Å². The van der Waals surface area contributed by atoms with E-state index in [1.165, 1.54) is 10.5 Å². The van der Waals surface area contributed by atoms with Gasteiger partial charge in [-0.1, -0.05) is 24.8 Å². The van der Waals surface area contributed by atoms with Crippen molar-refractivity contribution >= 4 is 11.8 Å². The molecule has 0 aromatic carbocycles. The number of hydrogen-bond donors (Lipinski definition) is 0. The largest absolute Gasteiger partial charge is 0.120 e. The molecule has 0 saturated heterocycles. The summed E-state index contributed by atoms with van der Waals surface area (Å²) in [6.45, 7) is 10.6. The zero-order valence-corrected chi connectivity index (χ0v) is 8.16. The second kappa shape index (κ2) is 2.90. The Bertz CT molecular complexity index is 231. The van der Waals surface area contributed by atoms with E-state index in [1.54, 1.807) is 0 Å². The van der Waals surface area contributed by atoms with Gasteiger partial charge in [-0.25, -0.2) is 0 Å². The second-order valence-electron chi connectivity index (χ2n) is 3.27. The Morgan fingerprint density at radius 3 is 2.73 bits per heavy atom. The van der Waals surface area contributed by atoms with Gasteiger partial charge in [0.2, 0.25) is 0 Å². The van der Waals surface area contributed by atoms with Crippen molar-refractivity contribution in [1.82, 2.24) is 0 Å². The summed E-state index contributed by atoms with van der Waals surface area (Å²) >= 11 is 1.87. The van der Waals surface area contributed by atoms with Gasteiger partial charge in [-0.3, -0.25) is 0 Å². The van der Waals surface area contributed by atoms with E-state index in [1.807, 2.05) is 11.8 Å². The van der Waals surface area contributed by atoms with E-state index in [9.17, 15) is 0 Å². The van der Waals surface area contributed by atoms with Gasteiger partial charge in [-0.2, -0.15) is 0 Å². The molecule has 60 valence electrons. The van der Waals surface area contributed by atoms with Crippen LogP contribution in [0.4, 0.5) is 0 Å². The van der Waals surface area contributed by atoms with Crippen molar-refractivity contribution in [1.29, 1.82) is 0 Å². The maximum Gasteiger partial charge on any atom is 0.0390 e. The summed E-state index contributed by atoms with van der Waals surface area (Å²) in [5.41, 5.74) is 1.19. The minimum atomic E-state index is 0.160. The quantitative estimate of drug-likeness (QED) is 0.530. The van der Waals surface area contributed by atoms with E-state index in [2.05, 4.69) is 45.6 Å². The lowest BCUT2D eigenvalue weighted by atomic mass is 10.0. The third-order valence-corrected chi connectivity index (χ3v) is 3.05. The molecule has 1 aliphatic rings. The van der Waals surface area contributed by atoms with E-state index in [0.29, 0.717) is 0 Å². The number of hydrogen-bond acceptors (Lipinski definition) is 1. The molecule has 0 atom stereocenters. The van der Waals surface area contributed by atoms with Gasteiger partial charge >= 0.3 is 0 Å². The summed E-state index contributed by atoms with van der Waals surface area (Å²) < 4.78 is 0.160. The zero-order chi connectivity index (χ0) is 8.48. The van der Waals surface area contributed by atoms with Crippen LogP contribution in [-0.2, 0) is 0 Å². The molecule has 0 nitrogen and oxygen atoms in total. The Labute approximate surface area is 73.1 Å². The van der Waals surface area contributed by atoms with Crippen LogP contribution in [0.5, 0.6) is 0 Å². The molecular formula is C10H14S. The fraction of sp³-hybridized carbons (Fsp3) is 0.400. The predicted octanol–water partition coefficient (Wildman–Crippen LogP) is 3.53. The first-order chi connectivity index (χ1) is 5.02. The molecule has 1 heterocycles. The minimum Gasteiger partial charge on any atom is -0.120 e. The summed E-state index contributed by atoms with van der Waals surface area (Å²) in [6, 6.07) is 0. The summed E-state index contributed by atoms with van der Waals surface area (Å²) in [5, 5.41) is 0. The van der Waals surface area contributed by atoms with Crippen LogP contribution in [0.3, 0.4) is 0 Å². The van der Waals surface area contributed by atoms with Crippen molar-refractivity contribution in [2.24, 2.45) is 0 Å². The Kier molecular flexibility index (Phi) is 2.28. The molecule has 0 spiro atoms. The molecule has 0 saturated carbocycles. The Balaban J connectivity index is 2.93. The van der Waals surface area contributed by atoms with Gasteiger partial charge in [0.25, 0.3) is 0 Å². The fourth-order valence-electron chi connectivity index (χ4n) is 1.00. The first kappa shape index (κ1) is 8.66. The molecule has 0 radical (unpaired) electrons. The van der Waals surface area contributed by atoms with Crippen molar-refractivity contribution in [3.63, 3.8) is 0 Å². The molecule has 0 aromatic rings. The van der Waals surface area contributed by atoms with Gasteiger partial charge < -0.3 is 0 Å². The van der Waals surface area contributed by atoms with Gasteiger partial charge in [0.15, 0.2) is 0 Å². The maximum atomic E-state index is 4.02. The molecule has 1 aliphatic heterocycles. The van der Waals surface area contributed by atoms with Crippen molar-refractivity contribution in [3.05, 3.63) is 35.3 Å². The molecule has 0 fully saturated rings. The Hall–Kier alpha value is -0.430. The monoisotopic (exact) mass is 166 g/mol. The zero-order valence-electron chi connectivity index (χ0n) is 7.35. The van der Waals surface area contributed by atoms with Crippen LogP contribution in [0.1, 0.15) is 20.8 Å².